The molecule has 3 atom stereocenters. The fraction of sp³-hybridized carbons (Fsp3) is 0.706. The lowest BCUT2D eigenvalue weighted by atomic mass is 9.87. The van der Waals surface area contributed by atoms with E-state index < -0.39 is 0 Å². The Morgan fingerprint density at radius 3 is 2.90 bits per heavy atom. The van der Waals surface area contributed by atoms with Gasteiger partial charge in [-0.15, -0.1) is 0 Å². The molecule has 1 aliphatic heterocycles. The molecule has 3 nitrogen and oxygen atoms in total. The van der Waals surface area contributed by atoms with Crippen LogP contribution in [0.2, 0.25) is 0 Å². The molecule has 3 unspecified atom stereocenters. The summed E-state index contributed by atoms with van der Waals surface area (Å²) in [6, 6.07) is 4.79. The number of likely N-dealkylation sites (tertiary alicyclic amines) is 1. The maximum atomic E-state index is 10.2. The molecule has 3 heteroatoms. The molecule has 1 saturated carbocycles. The molecule has 1 aliphatic carbocycles. The summed E-state index contributed by atoms with van der Waals surface area (Å²) in [5.74, 6) is 0.518. The van der Waals surface area contributed by atoms with E-state index in [-0.39, 0.29) is 6.10 Å². The number of pyridine rings is 1. The number of aliphatic hydroxyl groups excluding tert-OH is 1. The van der Waals surface area contributed by atoms with Gasteiger partial charge in [0.1, 0.15) is 0 Å². The average Bonchev–Trinajstić information content (AvgIpc) is 2.92. The molecule has 3 rings (SSSR count). The molecular weight excluding hydrogens is 248 g/mol. The van der Waals surface area contributed by atoms with Gasteiger partial charge >= 0.3 is 0 Å². The minimum atomic E-state index is -0.0565. The van der Waals surface area contributed by atoms with E-state index in [4.69, 9.17) is 0 Å². The van der Waals surface area contributed by atoms with E-state index in [1.807, 2.05) is 18.5 Å². The predicted octanol–water partition coefficient (Wildman–Crippen LogP) is 2.64. The van der Waals surface area contributed by atoms with E-state index in [9.17, 15) is 5.11 Å². The van der Waals surface area contributed by atoms with Crippen LogP contribution in [0.15, 0.2) is 24.5 Å². The molecule has 1 N–H and O–H groups in total. The summed E-state index contributed by atoms with van der Waals surface area (Å²) in [4.78, 5) is 6.83. The highest BCUT2D eigenvalue weighted by Gasteiger charge is 2.36. The van der Waals surface area contributed by atoms with Gasteiger partial charge in [-0.3, -0.25) is 9.88 Å². The largest absolute Gasteiger partial charge is 0.393 e. The zero-order valence-electron chi connectivity index (χ0n) is 12.2. The smallest absolute Gasteiger partial charge is 0.0583 e. The van der Waals surface area contributed by atoms with Crippen molar-refractivity contribution in [3.05, 3.63) is 30.1 Å². The summed E-state index contributed by atoms with van der Waals surface area (Å²) in [7, 11) is 0. The van der Waals surface area contributed by atoms with Crippen LogP contribution in [0.5, 0.6) is 0 Å². The summed E-state index contributed by atoms with van der Waals surface area (Å²) >= 11 is 0. The van der Waals surface area contributed by atoms with Crippen molar-refractivity contribution in [1.82, 2.24) is 9.88 Å². The first-order valence-corrected chi connectivity index (χ1v) is 8.15. The topological polar surface area (TPSA) is 36.4 Å². The second kappa shape index (κ2) is 6.68. The molecule has 110 valence electrons. The fourth-order valence-electron chi connectivity index (χ4n) is 4.02. The maximum absolute atomic E-state index is 10.2. The SMILES string of the molecule is OC1CCCC1C1CCCCN1CCc1cccnc1. The second-order valence-electron chi connectivity index (χ2n) is 6.37. The van der Waals surface area contributed by atoms with Crippen molar-refractivity contribution in [2.45, 2.75) is 57.1 Å². The average molecular weight is 274 g/mol. The van der Waals surface area contributed by atoms with Crippen LogP contribution in [0.3, 0.4) is 0 Å². The summed E-state index contributed by atoms with van der Waals surface area (Å²) in [6.45, 7) is 2.31. The third-order valence-corrected chi connectivity index (χ3v) is 5.10. The lowest BCUT2D eigenvalue weighted by Crippen LogP contribution is -2.47. The molecule has 1 aromatic heterocycles. The molecule has 0 bridgehead atoms. The van der Waals surface area contributed by atoms with Gasteiger partial charge in [-0.1, -0.05) is 18.9 Å². The Morgan fingerprint density at radius 1 is 1.20 bits per heavy atom. The Balaban J connectivity index is 1.60. The number of aliphatic hydroxyl groups is 1. The highest BCUT2D eigenvalue weighted by Crippen LogP contribution is 2.35. The molecule has 20 heavy (non-hydrogen) atoms. The molecule has 0 amide bonds. The van der Waals surface area contributed by atoms with E-state index in [1.165, 1.54) is 44.2 Å². The number of nitrogens with zero attached hydrogens (tertiary/aromatic N) is 2. The quantitative estimate of drug-likeness (QED) is 0.917. The highest BCUT2D eigenvalue weighted by molar-refractivity contribution is 5.09. The molecule has 1 saturated heterocycles. The van der Waals surface area contributed by atoms with Gasteiger partial charge < -0.3 is 5.11 Å². The normalized spacial score (nSPS) is 31.6. The summed E-state index contributed by atoms with van der Waals surface area (Å²) in [5.41, 5.74) is 1.32. The van der Waals surface area contributed by atoms with Crippen LogP contribution in [0.4, 0.5) is 0 Å². The Hall–Kier alpha value is -0.930. The number of hydrogen-bond donors (Lipinski definition) is 1. The van der Waals surface area contributed by atoms with Gasteiger partial charge in [-0.25, -0.2) is 0 Å². The first kappa shape index (κ1) is 14.0. The Kier molecular flexibility index (Phi) is 4.69. The van der Waals surface area contributed by atoms with Crippen LogP contribution in [0, 0.1) is 5.92 Å². The van der Waals surface area contributed by atoms with Gasteiger partial charge in [0.05, 0.1) is 6.10 Å². The minimum absolute atomic E-state index is 0.0565. The van der Waals surface area contributed by atoms with E-state index in [1.54, 1.807) is 0 Å². The summed E-state index contributed by atoms with van der Waals surface area (Å²) in [6.07, 6.45) is 12.2. The van der Waals surface area contributed by atoms with E-state index in [0.717, 1.165) is 19.4 Å². The van der Waals surface area contributed by atoms with Crippen LogP contribution >= 0.6 is 0 Å². The van der Waals surface area contributed by atoms with Crippen LogP contribution in [0.25, 0.3) is 0 Å². The van der Waals surface area contributed by atoms with Gasteiger partial charge in [0.25, 0.3) is 0 Å². The van der Waals surface area contributed by atoms with Crippen molar-refractivity contribution in [3.8, 4) is 0 Å². The predicted molar refractivity (Wildman–Crippen MR) is 80.5 cm³/mol. The second-order valence-corrected chi connectivity index (χ2v) is 6.37. The summed E-state index contributed by atoms with van der Waals surface area (Å²) in [5, 5.41) is 10.2. The zero-order chi connectivity index (χ0) is 13.8. The third kappa shape index (κ3) is 3.21. The molecule has 1 aromatic rings. The zero-order valence-corrected chi connectivity index (χ0v) is 12.2. The highest BCUT2D eigenvalue weighted by atomic mass is 16.3. The summed E-state index contributed by atoms with van der Waals surface area (Å²) < 4.78 is 0. The minimum Gasteiger partial charge on any atom is -0.393 e. The van der Waals surface area contributed by atoms with Crippen LogP contribution in [-0.2, 0) is 6.42 Å². The molecular formula is C17H26N2O. The molecule has 2 heterocycles. The van der Waals surface area contributed by atoms with E-state index in [0.29, 0.717) is 12.0 Å². The molecule has 2 fully saturated rings. The maximum Gasteiger partial charge on any atom is 0.0583 e. The van der Waals surface area contributed by atoms with Crippen molar-refractivity contribution in [3.63, 3.8) is 0 Å². The van der Waals surface area contributed by atoms with Gasteiger partial charge in [0.2, 0.25) is 0 Å². The third-order valence-electron chi connectivity index (χ3n) is 5.10. The van der Waals surface area contributed by atoms with Crippen LogP contribution < -0.4 is 0 Å². The van der Waals surface area contributed by atoms with Gasteiger partial charge in [-0.05, 0) is 50.3 Å². The van der Waals surface area contributed by atoms with Crippen LogP contribution in [-0.4, -0.2) is 40.2 Å². The molecule has 0 spiro atoms. The first-order chi connectivity index (χ1) is 9.84. The molecule has 0 aromatic carbocycles. The Morgan fingerprint density at radius 2 is 2.15 bits per heavy atom. The van der Waals surface area contributed by atoms with Crippen molar-refractivity contribution < 1.29 is 5.11 Å². The van der Waals surface area contributed by atoms with Crippen molar-refractivity contribution >= 4 is 0 Å². The molecule has 0 radical (unpaired) electrons. The van der Waals surface area contributed by atoms with Crippen molar-refractivity contribution in [1.29, 1.82) is 0 Å². The lowest BCUT2D eigenvalue weighted by Gasteiger charge is -2.40. The standard InChI is InChI=1S/C17H26N2O/c20-17-8-3-6-15(17)16-7-1-2-11-19(16)12-9-14-5-4-10-18-13-14/h4-5,10,13,15-17,20H,1-3,6-9,11-12H2. The number of aromatic nitrogens is 1. The Labute approximate surface area is 122 Å². The first-order valence-electron chi connectivity index (χ1n) is 8.15. The Bertz CT molecular complexity index is 409. The molecule has 2 aliphatic rings. The lowest BCUT2D eigenvalue weighted by molar-refractivity contribution is 0.0361. The number of hydrogen-bond acceptors (Lipinski definition) is 3. The van der Waals surface area contributed by atoms with Gasteiger partial charge in [-0.2, -0.15) is 0 Å². The van der Waals surface area contributed by atoms with Gasteiger partial charge in [0, 0.05) is 30.9 Å². The number of piperidine rings is 1. The van der Waals surface area contributed by atoms with Gasteiger partial charge in [0.15, 0.2) is 0 Å². The van der Waals surface area contributed by atoms with Crippen LogP contribution in [0.1, 0.15) is 44.1 Å². The fourth-order valence-corrected chi connectivity index (χ4v) is 4.02. The van der Waals surface area contributed by atoms with Crippen molar-refractivity contribution in [2.75, 3.05) is 13.1 Å². The van der Waals surface area contributed by atoms with Crippen molar-refractivity contribution in [2.24, 2.45) is 5.92 Å². The van der Waals surface area contributed by atoms with E-state index in [2.05, 4.69) is 16.0 Å². The monoisotopic (exact) mass is 274 g/mol. The number of rotatable bonds is 4. The van der Waals surface area contributed by atoms with E-state index >= 15 is 0 Å².